The highest BCUT2D eigenvalue weighted by atomic mass is 31.2. The van der Waals surface area contributed by atoms with Gasteiger partial charge in [0.25, 0.3) is 7.82 Å². The minimum absolute atomic E-state index is 0.0781. The number of rotatable bonds is 12. The van der Waals surface area contributed by atoms with E-state index in [1.54, 1.807) is 0 Å². The lowest BCUT2D eigenvalue weighted by Crippen LogP contribution is -2.27. The van der Waals surface area contributed by atoms with Crippen LogP contribution in [0.2, 0.25) is 0 Å². The molecule has 0 rings (SSSR count). The van der Waals surface area contributed by atoms with Crippen LogP contribution in [0.1, 0.15) is 13.8 Å². The van der Waals surface area contributed by atoms with Crippen molar-refractivity contribution in [1.29, 1.82) is 0 Å². The predicted molar refractivity (Wildman–Crippen MR) is 70.0 cm³/mol. The second-order valence-corrected chi connectivity index (χ2v) is 5.42. The van der Waals surface area contributed by atoms with Gasteiger partial charge in [-0.15, -0.1) is 0 Å². The molecule has 0 heterocycles. The third-order valence-electron chi connectivity index (χ3n) is 2.44. The van der Waals surface area contributed by atoms with Crippen LogP contribution in [0.4, 0.5) is 0 Å². The van der Waals surface area contributed by atoms with Crippen molar-refractivity contribution in [2.45, 2.75) is 20.0 Å². The van der Waals surface area contributed by atoms with Gasteiger partial charge in [0.2, 0.25) is 0 Å². The molecule has 19 heavy (non-hydrogen) atoms. The summed E-state index contributed by atoms with van der Waals surface area (Å²) in [5, 5.41) is 0. The first-order chi connectivity index (χ1) is 8.95. The third kappa shape index (κ3) is 10.4. The SMILES string of the molecule is CCOC(COC)COP(=O)([O-])OCCN(C)CC. The maximum absolute atomic E-state index is 11.5. The van der Waals surface area contributed by atoms with Crippen LogP contribution < -0.4 is 4.89 Å². The van der Waals surface area contributed by atoms with Crippen molar-refractivity contribution in [3.05, 3.63) is 0 Å². The van der Waals surface area contributed by atoms with E-state index in [0.29, 0.717) is 13.2 Å². The van der Waals surface area contributed by atoms with E-state index in [4.69, 9.17) is 18.5 Å². The van der Waals surface area contributed by atoms with E-state index in [-0.39, 0.29) is 19.8 Å². The van der Waals surface area contributed by atoms with Crippen molar-refractivity contribution in [3.63, 3.8) is 0 Å². The summed E-state index contributed by atoms with van der Waals surface area (Å²) in [4.78, 5) is 13.4. The van der Waals surface area contributed by atoms with Crippen molar-refractivity contribution >= 4 is 7.82 Å². The van der Waals surface area contributed by atoms with Gasteiger partial charge in [-0.25, -0.2) is 0 Å². The first-order valence-electron chi connectivity index (χ1n) is 6.34. The number of methoxy groups -OCH3 is 1. The molecule has 7 nitrogen and oxygen atoms in total. The zero-order valence-corrected chi connectivity index (χ0v) is 13.1. The quantitative estimate of drug-likeness (QED) is 0.485. The number of phosphoric ester groups is 1. The van der Waals surface area contributed by atoms with Gasteiger partial charge in [-0.05, 0) is 20.5 Å². The Bertz CT molecular complexity index is 260. The molecule has 2 unspecified atom stereocenters. The summed E-state index contributed by atoms with van der Waals surface area (Å²) in [7, 11) is -0.880. The second kappa shape index (κ2) is 10.7. The monoisotopic (exact) mass is 298 g/mol. The molecule has 0 N–H and O–H groups in total. The molecule has 0 radical (unpaired) electrons. The van der Waals surface area contributed by atoms with E-state index in [2.05, 4.69) is 0 Å². The fraction of sp³-hybridized carbons (Fsp3) is 1.00. The molecular formula is C11H25NO6P-. The van der Waals surface area contributed by atoms with Gasteiger partial charge in [-0.2, -0.15) is 0 Å². The Hall–Kier alpha value is -0.0100. The van der Waals surface area contributed by atoms with Crippen LogP contribution in [-0.4, -0.2) is 64.7 Å². The highest BCUT2D eigenvalue weighted by Gasteiger charge is 2.15. The van der Waals surface area contributed by atoms with Gasteiger partial charge < -0.3 is 28.3 Å². The highest BCUT2D eigenvalue weighted by molar-refractivity contribution is 7.45. The van der Waals surface area contributed by atoms with Crippen LogP contribution >= 0.6 is 7.82 Å². The fourth-order valence-electron chi connectivity index (χ4n) is 1.24. The number of hydrogen-bond acceptors (Lipinski definition) is 7. The summed E-state index contributed by atoms with van der Waals surface area (Å²) in [5.74, 6) is 0. The van der Waals surface area contributed by atoms with Crippen LogP contribution in [-0.2, 0) is 23.1 Å². The normalized spacial score (nSPS) is 16.5. The lowest BCUT2D eigenvalue weighted by Gasteiger charge is -2.26. The van der Waals surface area contributed by atoms with Crippen LogP contribution in [0.5, 0.6) is 0 Å². The molecule has 0 saturated carbocycles. The Morgan fingerprint density at radius 3 is 2.47 bits per heavy atom. The van der Waals surface area contributed by atoms with Crippen LogP contribution in [0.3, 0.4) is 0 Å². The second-order valence-electron chi connectivity index (χ2n) is 4.00. The number of likely N-dealkylation sites (N-methyl/N-ethyl adjacent to an activating group) is 1. The molecule has 8 heteroatoms. The van der Waals surface area contributed by atoms with E-state index in [1.807, 2.05) is 25.8 Å². The predicted octanol–water partition coefficient (Wildman–Crippen LogP) is 0.491. The molecule has 0 amide bonds. The van der Waals surface area contributed by atoms with Gasteiger partial charge in [0.1, 0.15) is 6.10 Å². The van der Waals surface area contributed by atoms with Gasteiger partial charge in [0.05, 0.1) is 19.8 Å². The molecule has 0 aliphatic rings. The van der Waals surface area contributed by atoms with E-state index in [0.717, 1.165) is 6.54 Å². The molecule has 0 aliphatic heterocycles. The summed E-state index contributed by atoms with van der Waals surface area (Å²) in [6.45, 7) is 5.85. The average molecular weight is 298 g/mol. The number of nitrogens with zero attached hydrogens (tertiary/aromatic N) is 1. The molecule has 0 saturated heterocycles. The van der Waals surface area contributed by atoms with E-state index in [1.165, 1.54) is 7.11 Å². The fourth-order valence-corrected chi connectivity index (χ4v) is 1.97. The first-order valence-corrected chi connectivity index (χ1v) is 7.80. The van der Waals surface area contributed by atoms with Crippen molar-refractivity contribution < 1.29 is 28.0 Å². The largest absolute Gasteiger partial charge is 0.756 e. The minimum atomic E-state index is -4.27. The first kappa shape index (κ1) is 19.0. The zero-order valence-electron chi connectivity index (χ0n) is 12.2. The Labute approximate surface area is 115 Å². The van der Waals surface area contributed by atoms with Gasteiger partial charge in [-0.3, -0.25) is 4.57 Å². The van der Waals surface area contributed by atoms with Crippen molar-refractivity contribution in [2.75, 3.05) is 53.7 Å². The highest BCUT2D eigenvalue weighted by Crippen LogP contribution is 2.38. The lowest BCUT2D eigenvalue weighted by molar-refractivity contribution is -0.228. The zero-order chi connectivity index (χ0) is 14.7. The van der Waals surface area contributed by atoms with Crippen molar-refractivity contribution in [1.82, 2.24) is 4.90 Å². The Kier molecular flexibility index (Phi) is 10.7. The lowest BCUT2D eigenvalue weighted by atomic mass is 10.4. The molecular weight excluding hydrogens is 273 g/mol. The number of phosphoric acid groups is 1. The smallest absolute Gasteiger partial charge is 0.268 e. The van der Waals surface area contributed by atoms with Gasteiger partial charge in [0.15, 0.2) is 0 Å². The van der Waals surface area contributed by atoms with Gasteiger partial charge >= 0.3 is 0 Å². The standard InChI is InChI=1S/C11H26NO6P/c1-5-12(3)7-8-17-19(13,14)18-10-11(9-15-4)16-6-2/h11H,5-10H2,1-4H3,(H,13,14)/p-1. The summed E-state index contributed by atoms with van der Waals surface area (Å²) < 4.78 is 31.2. The molecule has 0 fully saturated rings. The summed E-state index contributed by atoms with van der Waals surface area (Å²) in [6.07, 6.45) is -0.417. The molecule has 0 bridgehead atoms. The molecule has 0 aromatic rings. The summed E-state index contributed by atoms with van der Waals surface area (Å²) >= 11 is 0. The summed E-state index contributed by atoms with van der Waals surface area (Å²) in [5.41, 5.74) is 0. The van der Waals surface area contributed by atoms with Crippen molar-refractivity contribution in [3.8, 4) is 0 Å². The Morgan fingerprint density at radius 2 is 1.95 bits per heavy atom. The number of ether oxygens (including phenoxy) is 2. The van der Waals surface area contributed by atoms with Crippen LogP contribution in [0, 0.1) is 0 Å². The molecule has 116 valence electrons. The molecule has 2 atom stereocenters. The van der Waals surface area contributed by atoms with Crippen molar-refractivity contribution in [2.24, 2.45) is 0 Å². The van der Waals surface area contributed by atoms with E-state index in [9.17, 15) is 9.46 Å². The van der Waals surface area contributed by atoms with E-state index < -0.39 is 13.9 Å². The van der Waals surface area contributed by atoms with Gasteiger partial charge in [-0.1, -0.05) is 6.92 Å². The molecule has 0 aliphatic carbocycles. The Balaban J connectivity index is 3.96. The maximum atomic E-state index is 11.5. The maximum Gasteiger partial charge on any atom is 0.268 e. The topological polar surface area (TPSA) is 80.3 Å². The van der Waals surface area contributed by atoms with Crippen LogP contribution in [0.25, 0.3) is 0 Å². The third-order valence-corrected chi connectivity index (χ3v) is 3.40. The van der Waals surface area contributed by atoms with Gasteiger partial charge in [0, 0.05) is 20.3 Å². The van der Waals surface area contributed by atoms with E-state index >= 15 is 0 Å². The average Bonchev–Trinajstić information content (AvgIpc) is 2.36. The molecule has 0 aromatic heterocycles. The summed E-state index contributed by atoms with van der Waals surface area (Å²) in [6, 6.07) is 0. The molecule has 0 aromatic carbocycles. The minimum Gasteiger partial charge on any atom is -0.756 e. The molecule has 0 spiro atoms. The number of hydrogen-bond donors (Lipinski definition) is 0. The Morgan fingerprint density at radius 1 is 1.26 bits per heavy atom. The van der Waals surface area contributed by atoms with Crippen LogP contribution in [0.15, 0.2) is 0 Å².